The lowest BCUT2D eigenvalue weighted by Gasteiger charge is -2.09. The summed E-state index contributed by atoms with van der Waals surface area (Å²) in [7, 11) is 0. The van der Waals surface area contributed by atoms with Gasteiger partial charge in [0.2, 0.25) is 0 Å². The van der Waals surface area contributed by atoms with Crippen molar-refractivity contribution in [3.63, 3.8) is 0 Å². The summed E-state index contributed by atoms with van der Waals surface area (Å²) in [5.74, 6) is 0.456. The first-order valence-corrected chi connectivity index (χ1v) is 14.7. The highest BCUT2D eigenvalue weighted by Gasteiger charge is 2.12. The molecule has 0 radical (unpaired) electrons. The van der Waals surface area contributed by atoms with Gasteiger partial charge in [-0.25, -0.2) is 4.79 Å². The molecule has 39 heavy (non-hydrogen) atoms. The Balaban J connectivity index is 1.39. The average Bonchev–Trinajstić information content (AvgIpc) is 2.94. The molecule has 0 aliphatic heterocycles. The second-order valence-electron chi connectivity index (χ2n) is 9.36. The number of halogens is 3. The van der Waals surface area contributed by atoms with Crippen LogP contribution in [0.15, 0.2) is 70.9 Å². The Morgan fingerprint density at radius 1 is 0.667 bits per heavy atom. The number of ether oxygens (including phenoxy) is 2. The van der Waals surface area contributed by atoms with Crippen molar-refractivity contribution in [3.05, 3.63) is 81.3 Å². The maximum Gasteiger partial charge on any atom is 0.343 e. The summed E-state index contributed by atoms with van der Waals surface area (Å²) in [6, 6.07) is 16.7. The van der Waals surface area contributed by atoms with E-state index in [0.29, 0.717) is 33.6 Å². The molecule has 8 heteroatoms. The molecule has 3 aromatic rings. The molecule has 0 aromatic heterocycles. The standard InChI is InChI=1S/C31H35Cl3N2O3/c1-2-3-4-5-6-7-8-9-10-11-20-38-26-16-12-23(13-17-26)31(37)39-30-19-15-25(22-29(30)34)36-35-24-14-18-27(32)28(33)21-24/h12-19,21-22H,2-11,20H2,1H3. The number of carbonyl (C=O) groups is 1. The van der Waals surface area contributed by atoms with Gasteiger partial charge >= 0.3 is 5.97 Å². The van der Waals surface area contributed by atoms with Crippen LogP contribution in [0.25, 0.3) is 0 Å². The molecule has 0 unspecified atom stereocenters. The second-order valence-corrected chi connectivity index (χ2v) is 10.6. The van der Waals surface area contributed by atoms with Crippen molar-refractivity contribution in [1.82, 2.24) is 0 Å². The van der Waals surface area contributed by atoms with E-state index < -0.39 is 5.97 Å². The van der Waals surface area contributed by atoms with E-state index in [1.807, 2.05) is 0 Å². The van der Waals surface area contributed by atoms with Crippen molar-refractivity contribution in [3.8, 4) is 11.5 Å². The van der Waals surface area contributed by atoms with Gasteiger partial charge in [0.15, 0.2) is 0 Å². The summed E-state index contributed by atoms with van der Waals surface area (Å²) in [5.41, 5.74) is 1.45. The van der Waals surface area contributed by atoms with Crippen molar-refractivity contribution in [2.75, 3.05) is 6.61 Å². The highest BCUT2D eigenvalue weighted by molar-refractivity contribution is 6.42. The van der Waals surface area contributed by atoms with Gasteiger partial charge in [0, 0.05) is 0 Å². The normalized spacial score (nSPS) is 11.2. The predicted molar refractivity (Wildman–Crippen MR) is 161 cm³/mol. The molecule has 0 saturated carbocycles. The van der Waals surface area contributed by atoms with Crippen LogP contribution in [0.5, 0.6) is 11.5 Å². The van der Waals surface area contributed by atoms with Crippen molar-refractivity contribution < 1.29 is 14.3 Å². The van der Waals surface area contributed by atoms with Crippen molar-refractivity contribution >= 4 is 52.1 Å². The van der Waals surface area contributed by atoms with Crippen LogP contribution in [0.3, 0.4) is 0 Å². The fourth-order valence-corrected chi connectivity index (χ4v) is 4.43. The summed E-state index contributed by atoms with van der Waals surface area (Å²) in [4.78, 5) is 12.6. The van der Waals surface area contributed by atoms with Crippen LogP contribution in [0.2, 0.25) is 15.1 Å². The molecule has 208 valence electrons. The van der Waals surface area contributed by atoms with E-state index in [-0.39, 0.29) is 10.8 Å². The van der Waals surface area contributed by atoms with Crippen LogP contribution in [-0.2, 0) is 0 Å². The first-order valence-electron chi connectivity index (χ1n) is 13.6. The first-order chi connectivity index (χ1) is 19.0. The molecule has 0 fully saturated rings. The van der Waals surface area contributed by atoms with E-state index >= 15 is 0 Å². The van der Waals surface area contributed by atoms with Crippen LogP contribution in [0.1, 0.15) is 81.5 Å². The highest BCUT2D eigenvalue weighted by atomic mass is 35.5. The minimum Gasteiger partial charge on any atom is -0.494 e. The molecule has 0 bridgehead atoms. The largest absolute Gasteiger partial charge is 0.494 e. The third-order valence-corrected chi connectivity index (χ3v) is 7.19. The van der Waals surface area contributed by atoms with Gasteiger partial charge in [-0.2, -0.15) is 10.2 Å². The number of hydrogen-bond acceptors (Lipinski definition) is 5. The molecule has 0 saturated heterocycles. The third-order valence-electron chi connectivity index (χ3n) is 6.16. The van der Waals surface area contributed by atoms with E-state index in [4.69, 9.17) is 44.3 Å². The molecule has 0 spiro atoms. The van der Waals surface area contributed by atoms with Gasteiger partial charge in [0.05, 0.1) is 38.6 Å². The third kappa shape index (κ3) is 11.2. The van der Waals surface area contributed by atoms with E-state index in [9.17, 15) is 4.79 Å². The van der Waals surface area contributed by atoms with Gasteiger partial charge in [0.1, 0.15) is 11.5 Å². The SMILES string of the molecule is CCCCCCCCCCCCOc1ccc(C(=O)Oc2ccc(N=Nc3ccc(Cl)c(Cl)c3)cc2Cl)cc1. The molecule has 3 rings (SSSR count). The van der Waals surface area contributed by atoms with Gasteiger partial charge in [-0.3, -0.25) is 0 Å². The molecular weight excluding hydrogens is 555 g/mol. The lowest BCUT2D eigenvalue weighted by molar-refractivity contribution is 0.0735. The Bertz CT molecular complexity index is 1220. The summed E-state index contributed by atoms with van der Waals surface area (Å²) in [6.07, 6.45) is 12.9. The summed E-state index contributed by atoms with van der Waals surface area (Å²) >= 11 is 18.2. The highest BCUT2D eigenvalue weighted by Crippen LogP contribution is 2.32. The number of hydrogen-bond donors (Lipinski definition) is 0. The molecule has 0 aliphatic rings. The molecule has 0 N–H and O–H groups in total. The van der Waals surface area contributed by atoms with Gasteiger partial charge in [-0.05, 0) is 67.1 Å². The van der Waals surface area contributed by atoms with E-state index in [1.165, 1.54) is 57.8 Å². The van der Waals surface area contributed by atoms with Crippen molar-refractivity contribution in [1.29, 1.82) is 0 Å². The Kier molecular flexibility index (Phi) is 13.6. The first kappa shape index (κ1) is 30.9. The maximum atomic E-state index is 12.6. The van der Waals surface area contributed by atoms with E-state index in [2.05, 4.69) is 17.2 Å². The molecule has 3 aromatic carbocycles. The van der Waals surface area contributed by atoms with Crippen LogP contribution < -0.4 is 9.47 Å². The van der Waals surface area contributed by atoms with Crippen LogP contribution in [0.4, 0.5) is 11.4 Å². The predicted octanol–water partition coefficient (Wildman–Crippen LogP) is 11.6. The quantitative estimate of drug-likeness (QED) is 0.0722. The minimum atomic E-state index is -0.511. The zero-order valence-corrected chi connectivity index (χ0v) is 24.6. The lowest BCUT2D eigenvalue weighted by atomic mass is 10.1. The number of esters is 1. The number of rotatable bonds is 16. The summed E-state index contributed by atoms with van der Waals surface area (Å²) < 4.78 is 11.3. The summed E-state index contributed by atoms with van der Waals surface area (Å²) in [5, 5.41) is 9.34. The Hall–Kier alpha value is -2.60. The molecule has 0 aliphatic carbocycles. The van der Waals surface area contributed by atoms with Gasteiger partial charge in [-0.15, -0.1) is 0 Å². The van der Waals surface area contributed by atoms with Gasteiger partial charge in [-0.1, -0.05) is 99.5 Å². The molecule has 0 atom stereocenters. The Labute approximate surface area is 246 Å². The Morgan fingerprint density at radius 3 is 1.82 bits per heavy atom. The number of unbranched alkanes of at least 4 members (excludes halogenated alkanes) is 9. The average molecular weight is 590 g/mol. The second kappa shape index (κ2) is 17.2. The fraction of sp³-hybridized carbons (Fsp3) is 0.387. The molecule has 0 heterocycles. The van der Waals surface area contributed by atoms with Crippen molar-refractivity contribution in [2.45, 2.75) is 71.1 Å². The molecular formula is C31H35Cl3N2O3. The Morgan fingerprint density at radius 2 is 1.23 bits per heavy atom. The zero-order valence-electron chi connectivity index (χ0n) is 22.3. The minimum absolute atomic E-state index is 0.233. The monoisotopic (exact) mass is 588 g/mol. The summed E-state index contributed by atoms with van der Waals surface area (Å²) in [6.45, 7) is 2.92. The maximum absolute atomic E-state index is 12.6. The van der Waals surface area contributed by atoms with Crippen LogP contribution >= 0.6 is 34.8 Å². The fourth-order valence-electron chi connectivity index (χ4n) is 3.92. The van der Waals surface area contributed by atoms with Gasteiger partial charge in [0.25, 0.3) is 0 Å². The van der Waals surface area contributed by atoms with Crippen LogP contribution in [0, 0.1) is 0 Å². The lowest BCUT2D eigenvalue weighted by Crippen LogP contribution is -2.08. The van der Waals surface area contributed by atoms with Crippen LogP contribution in [-0.4, -0.2) is 12.6 Å². The molecule has 0 amide bonds. The van der Waals surface area contributed by atoms with Crippen molar-refractivity contribution in [2.24, 2.45) is 10.2 Å². The van der Waals surface area contributed by atoms with E-state index in [0.717, 1.165) is 12.2 Å². The van der Waals surface area contributed by atoms with Gasteiger partial charge < -0.3 is 9.47 Å². The molecule has 5 nitrogen and oxygen atoms in total. The topological polar surface area (TPSA) is 60.2 Å². The number of azo groups is 1. The smallest absolute Gasteiger partial charge is 0.343 e. The zero-order chi connectivity index (χ0) is 27.9. The van der Waals surface area contributed by atoms with E-state index in [1.54, 1.807) is 60.7 Å². The number of nitrogens with zero attached hydrogens (tertiary/aromatic N) is 2. The number of carbonyl (C=O) groups excluding carboxylic acids is 1. The number of benzene rings is 3.